The van der Waals surface area contributed by atoms with Gasteiger partial charge in [-0.1, -0.05) is 42.5 Å². The highest BCUT2D eigenvalue weighted by Crippen LogP contribution is 2.20. The summed E-state index contributed by atoms with van der Waals surface area (Å²) < 4.78 is 0. The van der Waals surface area contributed by atoms with Gasteiger partial charge in [0, 0.05) is 17.5 Å². The molecule has 1 fully saturated rings. The Labute approximate surface area is 161 Å². The van der Waals surface area contributed by atoms with Crippen molar-refractivity contribution in [1.82, 2.24) is 10.2 Å². The number of thioether (sulfide) groups is 1. The van der Waals surface area contributed by atoms with Gasteiger partial charge in [-0.2, -0.15) is 0 Å². The Morgan fingerprint density at radius 3 is 2.73 bits per heavy atom. The third-order valence-corrected chi connectivity index (χ3v) is 5.77. The normalized spacial score (nSPS) is 17.8. The molecule has 2 aromatic rings. The fourth-order valence-corrected chi connectivity index (χ4v) is 4.22. The van der Waals surface area contributed by atoms with Crippen LogP contribution in [0.2, 0.25) is 0 Å². The van der Waals surface area contributed by atoms with E-state index in [1.807, 2.05) is 30.5 Å². The van der Waals surface area contributed by atoms with Gasteiger partial charge >= 0.3 is 0 Å². The summed E-state index contributed by atoms with van der Waals surface area (Å²) in [5.41, 5.74) is 2.20. The second kappa shape index (κ2) is 9.79. The average Bonchev–Trinajstić information content (AvgIpc) is 2.69. The SMILES string of the molecule is CSc1ccccc1C(=O)NC1CCCN(CCCc2ccccc2)C1. The lowest BCUT2D eigenvalue weighted by atomic mass is 10.0. The number of carbonyl (C=O) groups is 1. The van der Waals surface area contributed by atoms with Crippen LogP contribution < -0.4 is 5.32 Å². The van der Waals surface area contributed by atoms with Gasteiger partial charge < -0.3 is 10.2 Å². The summed E-state index contributed by atoms with van der Waals surface area (Å²) in [6, 6.07) is 18.8. The molecular weight excluding hydrogens is 340 g/mol. The molecule has 1 heterocycles. The van der Waals surface area contributed by atoms with Gasteiger partial charge in [0.1, 0.15) is 0 Å². The maximum atomic E-state index is 12.7. The van der Waals surface area contributed by atoms with E-state index in [9.17, 15) is 4.79 Å². The van der Waals surface area contributed by atoms with Gasteiger partial charge in [-0.05, 0) is 62.7 Å². The average molecular weight is 369 g/mol. The topological polar surface area (TPSA) is 32.3 Å². The smallest absolute Gasteiger partial charge is 0.252 e. The molecule has 0 radical (unpaired) electrons. The van der Waals surface area contributed by atoms with Crippen molar-refractivity contribution < 1.29 is 4.79 Å². The molecule has 1 amide bonds. The van der Waals surface area contributed by atoms with E-state index >= 15 is 0 Å². The molecule has 2 aromatic carbocycles. The van der Waals surface area contributed by atoms with E-state index < -0.39 is 0 Å². The van der Waals surface area contributed by atoms with Gasteiger partial charge in [0.05, 0.1) is 5.56 Å². The Hall–Kier alpha value is -1.78. The maximum Gasteiger partial charge on any atom is 0.252 e. The second-order valence-corrected chi connectivity index (χ2v) is 7.75. The van der Waals surface area contributed by atoms with E-state index in [0.717, 1.165) is 49.4 Å². The van der Waals surface area contributed by atoms with Crippen LogP contribution in [0.3, 0.4) is 0 Å². The van der Waals surface area contributed by atoms with E-state index in [0.29, 0.717) is 0 Å². The van der Waals surface area contributed by atoms with Crippen LogP contribution in [-0.4, -0.2) is 42.7 Å². The largest absolute Gasteiger partial charge is 0.348 e. The van der Waals surface area contributed by atoms with Crippen LogP contribution in [0.25, 0.3) is 0 Å². The van der Waals surface area contributed by atoms with Gasteiger partial charge in [-0.25, -0.2) is 0 Å². The van der Waals surface area contributed by atoms with E-state index in [-0.39, 0.29) is 11.9 Å². The minimum atomic E-state index is 0.0612. The fourth-order valence-electron chi connectivity index (χ4n) is 3.62. The highest BCUT2D eigenvalue weighted by atomic mass is 32.2. The van der Waals surface area contributed by atoms with E-state index in [4.69, 9.17) is 0 Å². The van der Waals surface area contributed by atoms with Crippen LogP contribution in [0.5, 0.6) is 0 Å². The zero-order chi connectivity index (χ0) is 18.2. The first-order valence-electron chi connectivity index (χ1n) is 9.46. The number of amides is 1. The quantitative estimate of drug-likeness (QED) is 0.742. The minimum Gasteiger partial charge on any atom is -0.348 e. The molecule has 0 aliphatic carbocycles. The first-order valence-corrected chi connectivity index (χ1v) is 10.7. The summed E-state index contributed by atoms with van der Waals surface area (Å²) in [6.07, 6.45) is 6.53. The number of hydrogen-bond donors (Lipinski definition) is 1. The van der Waals surface area contributed by atoms with Crippen molar-refractivity contribution in [2.75, 3.05) is 25.9 Å². The fraction of sp³-hybridized carbons (Fsp3) is 0.409. The molecule has 4 heteroatoms. The number of hydrogen-bond acceptors (Lipinski definition) is 3. The van der Waals surface area contributed by atoms with Crippen molar-refractivity contribution >= 4 is 17.7 Å². The van der Waals surface area contributed by atoms with Gasteiger partial charge in [0.2, 0.25) is 0 Å². The first-order chi connectivity index (χ1) is 12.8. The number of piperidine rings is 1. The summed E-state index contributed by atoms with van der Waals surface area (Å²) in [7, 11) is 0. The van der Waals surface area contributed by atoms with Crippen molar-refractivity contribution in [3.8, 4) is 0 Å². The van der Waals surface area contributed by atoms with Crippen LogP contribution in [0.4, 0.5) is 0 Å². The van der Waals surface area contributed by atoms with Crippen molar-refractivity contribution in [3.05, 3.63) is 65.7 Å². The Morgan fingerprint density at radius 1 is 1.15 bits per heavy atom. The summed E-state index contributed by atoms with van der Waals surface area (Å²) in [4.78, 5) is 16.2. The summed E-state index contributed by atoms with van der Waals surface area (Å²) in [6.45, 7) is 3.20. The van der Waals surface area contributed by atoms with E-state index in [1.54, 1.807) is 11.8 Å². The lowest BCUT2D eigenvalue weighted by Gasteiger charge is -2.33. The van der Waals surface area contributed by atoms with Crippen LogP contribution in [0.15, 0.2) is 59.5 Å². The molecule has 1 saturated heterocycles. The Balaban J connectivity index is 1.48. The zero-order valence-corrected chi connectivity index (χ0v) is 16.3. The number of aryl methyl sites for hydroxylation is 1. The molecule has 0 aromatic heterocycles. The number of nitrogens with one attached hydrogen (secondary N) is 1. The number of nitrogens with zero attached hydrogens (tertiary/aromatic N) is 1. The van der Waals surface area contributed by atoms with E-state index in [2.05, 4.69) is 40.5 Å². The van der Waals surface area contributed by atoms with Gasteiger partial charge in [0.15, 0.2) is 0 Å². The summed E-state index contributed by atoms with van der Waals surface area (Å²) >= 11 is 1.62. The Morgan fingerprint density at radius 2 is 1.92 bits per heavy atom. The summed E-state index contributed by atoms with van der Waals surface area (Å²) in [5, 5.41) is 3.25. The van der Waals surface area contributed by atoms with Crippen molar-refractivity contribution in [3.63, 3.8) is 0 Å². The first kappa shape index (κ1) is 19.0. The van der Waals surface area contributed by atoms with Crippen LogP contribution in [-0.2, 0) is 6.42 Å². The monoisotopic (exact) mass is 368 g/mol. The number of likely N-dealkylation sites (tertiary alicyclic amines) is 1. The zero-order valence-electron chi connectivity index (χ0n) is 15.5. The minimum absolute atomic E-state index is 0.0612. The third-order valence-electron chi connectivity index (χ3n) is 4.97. The van der Waals surface area contributed by atoms with Crippen molar-refractivity contribution in [2.24, 2.45) is 0 Å². The molecule has 0 bridgehead atoms. The second-order valence-electron chi connectivity index (χ2n) is 6.90. The number of benzene rings is 2. The van der Waals surface area contributed by atoms with E-state index in [1.165, 1.54) is 12.0 Å². The van der Waals surface area contributed by atoms with Crippen molar-refractivity contribution in [1.29, 1.82) is 0 Å². The Bertz CT molecular complexity index is 704. The molecule has 1 N–H and O–H groups in total. The predicted molar refractivity (Wildman–Crippen MR) is 110 cm³/mol. The van der Waals surface area contributed by atoms with Gasteiger partial charge in [0.25, 0.3) is 5.91 Å². The molecule has 3 nitrogen and oxygen atoms in total. The van der Waals surface area contributed by atoms with Crippen LogP contribution in [0.1, 0.15) is 35.2 Å². The lowest BCUT2D eigenvalue weighted by molar-refractivity contribution is 0.0900. The maximum absolute atomic E-state index is 12.7. The highest BCUT2D eigenvalue weighted by Gasteiger charge is 2.22. The molecule has 0 spiro atoms. The molecule has 0 saturated carbocycles. The standard InChI is InChI=1S/C22H28N2OS/c1-26-21-14-6-5-13-20(21)22(25)23-19-12-8-16-24(17-19)15-7-11-18-9-3-2-4-10-18/h2-6,9-10,13-14,19H,7-8,11-12,15-17H2,1H3,(H,23,25). The molecule has 1 aliphatic heterocycles. The third kappa shape index (κ3) is 5.36. The van der Waals surface area contributed by atoms with Crippen LogP contribution >= 0.6 is 11.8 Å². The molecular formula is C22H28N2OS. The summed E-state index contributed by atoms with van der Waals surface area (Å²) in [5.74, 6) is 0.0612. The molecule has 3 rings (SSSR count). The van der Waals surface area contributed by atoms with Crippen LogP contribution in [0, 0.1) is 0 Å². The molecule has 1 unspecified atom stereocenters. The predicted octanol–water partition coefficient (Wildman–Crippen LogP) is 4.24. The van der Waals surface area contributed by atoms with Gasteiger partial charge in [-0.15, -0.1) is 11.8 Å². The highest BCUT2D eigenvalue weighted by molar-refractivity contribution is 7.98. The number of rotatable bonds is 7. The number of carbonyl (C=O) groups excluding carboxylic acids is 1. The van der Waals surface area contributed by atoms with Gasteiger partial charge in [-0.3, -0.25) is 4.79 Å². The molecule has 138 valence electrons. The molecule has 1 atom stereocenters. The lowest BCUT2D eigenvalue weighted by Crippen LogP contribution is -2.48. The Kier molecular flexibility index (Phi) is 7.15. The molecule has 26 heavy (non-hydrogen) atoms. The molecule has 1 aliphatic rings. The van der Waals surface area contributed by atoms with Crippen molar-refractivity contribution in [2.45, 2.75) is 36.6 Å².